The van der Waals surface area contributed by atoms with Gasteiger partial charge in [-0.3, -0.25) is 0 Å². The van der Waals surface area contributed by atoms with E-state index < -0.39 is 11.7 Å². The number of hydrogen-bond acceptors (Lipinski definition) is 3. The maximum atomic E-state index is 10.1. The van der Waals surface area contributed by atoms with Gasteiger partial charge in [0.05, 0.1) is 11.7 Å². The van der Waals surface area contributed by atoms with E-state index in [1.807, 2.05) is 39.0 Å². The van der Waals surface area contributed by atoms with Crippen LogP contribution < -0.4 is 4.74 Å². The maximum Gasteiger partial charge on any atom is 0.125 e. The molecule has 2 unspecified atom stereocenters. The van der Waals surface area contributed by atoms with Crippen LogP contribution in [0.2, 0.25) is 0 Å². The van der Waals surface area contributed by atoms with E-state index in [1.165, 1.54) is 0 Å². The fourth-order valence-electron chi connectivity index (χ4n) is 1.52. The molecule has 0 aromatic heterocycles. The molecule has 3 heteroatoms. The zero-order valence-electron chi connectivity index (χ0n) is 11.9. The van der Waals surface area contributed by atoms with Gasteiger partial charge in [-0.05, 0) is 38.8 Å². The van der Waals surface area contributed by atoms with Gasteiger partial charge in [0, 0.05) is 5.56 Å². The van der Waals surface area contributed by atoms with Gasteiger partial charge in [-0.1, -0.05) is 25.5 Å². The Bertz CT molecular complexity index is 395. The fraction of sp³-hybridized carbons (Fsp3) is 0.600. The van der Waals surface area contributed by atoms with Gasteiger partial charge < -0.3 is 14.9 Å². The lowest BCUT2D eigenvalue weighted by Gasteiger charge is -2.28. The number of hydrogen-bond donors (Lipinski definition) is 2. The SMILES string of the molecule is Cc1ccc(OCC(C)(O)C(C)C)c(C(C)O)c1. The van der Waals surface area contributed by atoms with E-state index >= 15 is 0 Å². The van der Waals surface area contributed by atoms with E-state index in [0.717, 1.165) is 11.1 Å². The van der Waals surface area contributed by atoms with Gasteiger partial charge in [-0.25, -0.2) is 0 Å². The van der Waals surface area contributed by atoms with Crippen LogP contribution >= 0.6 is 0 Å². The van der Waals surface area contributed by atoms with Crippen molar-refractivity contribution < 1.29 is 14.9 Å². The highest BCUT2D eigenvalue weighted by Crippen LogP contribution is 2.27. The Balaban J connectivity index is 2.85. The molecule has 0 heterocycles. The third-order valence-corrected chi connectivity index (χ3v) is 3.38. The highest BCUT2D eigenvalue weighted by atomic mass is 16.5. The van der Waals surface area contributed by atoms with E-state index in [2.05, 4.69) is 0 Å². The average Bonchev–Trinajstić information content (AvgIpc) is 2.27. The van der Waals surface area contributed by atoms with Crippen LogP contribution in [0.4, 0.5) is 0 Å². The van der Waals surface area contributed by atoms with Gasteiger partial charge >= 0.3 is 0 Å². The first-order valence-corrected chi connectivity index (χ1v) is 6.38. The van der Waals surface area contributed by atoms with E-state index in [4.69, 9.17) is 4.74 Å². The molecule has 1 aromatic carbocycles. The monoisotopic (exact) mass is 252 g/mol. The van der Waals surface area contributed by atoms with Crippen molar-refractivity contribution in [3.63, 3.8) is 0 Å². The molecule has 0 bridgehead atoms. The molecule has 102 valence electrons. The van der Waals surface area contributed by atoms with E-state index in [1.54, 1.807) is 13.8 Å². The molecule has 2 N–H and O–H groups in total. The predicted octanol–water partition coefficient (Wildman–Crippen LogP) is 2.83. The van der Waals surface area contributed by atoms with Crippen molar-refractivity contribution in [2.75, 3.05) is 6.61 Å². The molecule has 2 atom stereocenters. The summed E-state index contributed by atoms with van der Waals surface area (Å²) in [4.78, 5) is 0. The molecule has 0 aliphatic carbocycles. The molecule has 3 nitrogen and oxygen atoms in total. The third-order valence-electron chi connectivity index (χ3n) is 3.38. The van der Waals surface area contributed by atoms with Crippen LogP contribution in [0.3, 0.4) is 0 Å². The number of aliphatic hydroxyl groups excluding tert-OH is 1. The molecular formula is C15H24O3. The number of aryl methyl sites for hydroxylation is 1. The molecule has 0 saturated carbocycles. The molecule has 0 spiro atoms. The lowest BCUT2D eigenvalue weighted by Crippen LogP contribution is -2.38. The van der Waals surface area contributed by atoms with Crippen molar-refractivity contribution in [2.45, 2.75) is 46.3 Å². The number of ether oxygens (including phenoxy) is 1. The largest absolute Gasteiger partial charge is 0.490 e. The summed E-state index contributed by atoms with van der Waals surface area (Å²) in [6, 6.07) is 5.68. The molecular weight excluding hydrogens is 228 g/mol. The van der Waals surface area contributed by atoms with Crippen LogP contribution in [0, 0.1) is 12.8 Å². The second kappa shape index (κ2) is 5.72. The first kappa shape index (κ1) is 15.0. The van der Waals surface area contributed by atoms with Crippen LogP contribution in [-0.2, 0) is 0 Å². The fourth-order valence-corrected chi connectivity index (χ4v) is 1.52. The van der Waals surface area contributed by atoms with Crippen molar-refractivity contribution >= 4 is 0 Å². The summed E-state index contributed by atoms with van der Waals surface area (Å²) in [5, 5.41) is 19.9. The Hall–Kier alpha value is -1.06. The minimum Gasteiger partial charge on any atom is -0.490 e. The van der Waals surface area contributed by atoms with Gasteiger partial charge in [0.15, 0.2) is 0 Å². The molecule has 0 fully saturated rings. The highest BCUT2D eigenvalue weighted by Gasteiger charge is 2.26. The van der Waals surface area contributed by atoms with Gasteiger partial charge in [0.25, 0.3) is 0 Å². The van der Waals surface area contributed by atoms with Crippen LogP contribution in [-0.4, -0.2) is 22.4 Å². The summed E-state index contributed by atoms with van der Waals surface area (Å²) < 4.78 is 5.67. The molecule has 0 saturated heterocycles. The van der Waals surface area contributed by atoms with E-state index in [9.17, 15) is 10.2 Å². The van der Waals surface area contributed by atoms with Gasteiger partial charge in [0.1, 0.15) is 12.4 Å². The summed E-state index contributed by atoms with van der Waals surface area (Å²) in [6.45, 7) is 9.56. The molecule has 18 heavy (non-hydrogen) atoms. The first-order chi connectivity index (χ1) is 8.24. The lowest BCUT2D eigenvalue weighted by atomic mass is 9.93. The molecule has 0 aliphatic rings. The van der Waals surface area contributed by atoms with E-state index in [-0.39, 0.29) is 12.5 Å². The number of aliphatic hydroxyl groups is 2. The Morgan fingerprint density at radius 3 is 2.39 bits per heavy atom. The van der Waals surface area contributed by atoms with Gasteiger partial charge in [-0.2, -0.15) is 0 Å². The number of benzene rings is 1. The van der Waals surface area contributed by atoms with Crippen LogP contribution in [0.5, 0.6) is 5.75 Å². The van der Waals surface area contributed by atoms with E-state index in [0.29, 0.717) is 5.75 Å². The molecule has 1 rings (SSSR count). The van der Waals surface area contributed by atoms with Crippen molar-refractivity contribution in [1.29, 1.82) is 0 Å². The van der Waals surface area contributed by atoms with Crippen LogP contribution in [0.25, 0.3) is 0 Å². The third kappa shape index (κ3) is 3.72. The summed E-state index contributed by atoms with van der Waals surface area (Å²) in [5.41, 5.74) is 0.962. The van der Waals surface area contributed by atoms with Crippen molar-refractivity contribution in [3.8, 4) is 5.75 Å². The smallest absolute Gasteiger partial charge is 0.125 e. The minimum absolute atomic E-state index is 0.109. The second-order valence-corrected chi connectivity index (χ2v) is 5.52. The molecule has 1 aromatic rings. The van der Waals surface area contributed by atoms with Crippen molar-refractivity contribution in [1.82, 2.24) is 0 Å². The Kier molecular flexibility index (Phi) is 4.77. The standard InChI is InChI=1S/C15H24O3/c1-10(2)15(5,17)9-18-14-7-6-11(3)8-13(14)12(4)16/h6-8,10,12,16-17H,9H2,1-5H3. The summed E-state index contributed by atoms with van der Waals surface area (Å²) >= 11 is 0. The Morgan fingerprint density at radius 2 is 1.89 bits per heavy atom. The topological polar surface area (TPSA) is 49.7 Å². The normalized spacial score (nSPS) is 16.4. The molecule has 0 aliphatic heterocycles. The quantitative estimate of drug-likeness (QED) is 0.847. The zero-order chi connectivity index (χ0) is 13.9. The summed E-state index contributed by atoms with van der Waals surface area (Å²) in [7, 11) is 0. The van der Waals surface area contributed by atoms with Gasteiger partial charge in [-0.15, -0.1) is 0 Å². The Labute approximate surface area is 109 Å². The maximum absolute atomic E-state index is 10.1. The predicted molar refractivity (Wildman–Crippen MR) is 72.8 cm³/mol. The Morgan fingerprint density at radius 1 is 1.28 bits per heavy atom. The van der Waals surface area contributed by atoms with Crippen LogP contribution in [0.15, 0.2) is 18.2 Å². The minimum atomic E-state index is -0.874. The van der Waals surface area contributed by atoms with Gasteiger partial charge in [0.2, 0.25) is 0 Å². The zero-order valence-corrected chi connectivity index (χ0v) is 11.9. The highest BCUT2D eigenvalue weighted by molar-refractivity contribution is 5.38. The second-order valence-electron chi connectivity index (χ2n) is 5.52. The summed E-state index contributed by atoms with van der Waals surface area (Å²) in [5.74, 6) is 0.745. The lowest BCUT2D eigenvalue weighted by molar-refractivity contribution is -0.0273. The van der Waals surface area contributed by atoms with Crippen LogP contribution in [0.1, 0.15) is 44.9 Å². The summed E-state index contributed by atoms with van der Waals surface area (Å²) in [6.07, 6.45) is -0.580. The first-order valence-electron chi connectivity index (χ1n) is 6.38. The van der Waals surface area contributed by atoms with Crippen molar-refractivity contribution in [3.05, 3.63) is 29.3 Å². The number of rotatable bonds is 5. The van der Waals surface area contributed by atoms with Crippen molar-refractivity contribution in [2.24, 2.45) is 5.92 Å². The molecule has 0 amide bonds. The molecule has 0 radical (unpaired) electrons. The average molecular weight is 252 g/mol.